The molecule has 1 spiro atoms. The highest BCUT2D eigenvalue weighted by atomic mass is 28.4. The summed E-state index contributed by atoms with van der Waals surface area (Å²) in [6.07, 6.45) is 2.50. The van der Waals surface area contributed by atoms with Gasteiger partial charge >= 0.3 is 0 Å². The van der Waals surface area contributed by atoms with Crippen molar-refractivity contribution in [1.82, 2.24) is 15.0 Å². The Kier molecular flexibility index (Phi) is 8.58. The van der Waals surface area contributed by atoms with Crippen molar-refractivity contribution < 1.29 is 23.5 Å². The van der Waals surface area contributed by atoms with Crippen LogP contribution in [0.25, 0.3) is 0 Å². The molecule has 49 heavy (non-hydrogen) atoms. The molecule has 1 N–H and O–H groups in total. The fourth-order valence-electron chi connectivity index (χ4n) is 8.03. The van der Waals surface area contributed by atoms with Gasteiger partial charge in [0.05, 0.1) is 41.4 Å². The number of benzene rings is 3. The first-order chi connectivity index (χ1) is 23.5. The summed E-state index contributed by atoms with van der Waals surface area (Å²) in [7, 11) is -1.67. The van der Waals surface area contributed by atoms with Gasteiger partial charge < -0.3 is 18.9 Å². The summed E-state index contributed by atoms with van der Waals surface area (Å²) in [5, 5.41) is 25.0. The number of rotatable bonds is 9. The average Bonchev–Trinajstić information content (AvgIpc) is 3.75. The first kappa shape index (κ1) is 33.0. The Morgan fingerprint density at radius 2 is 1.76 bits per heavy atom. The van der Waals surface area contributed by atoms with Gasteiger partial charge in [-0.1, -0.05) is 72.8 Å². The molecule has 7 rings (SSSR count). The van der Waals surface area contributed by atoms with E-state index in [4.69, 9.17) is 9.84 Å². The molecule has 3 aliphatic rings. The van der Waals surface area contributed by atoms with Crippen molar-refractivity contribution in [2.75, 3.05) is 23.6 Å². The van der Waals surface area contributed by atoms with E-state index in [0.717, 1.165) is 16.8 Å². The van der Waals surface area contributed by atoms with Crippen LogP contribution in [0.1, 0.15) is 54.5 Å². The maximum absolute atomic E-state index is 16.3. The molecule has 0 bridgehead atoms. The van der Waals surface area contributed by atoms with Crippen LogP contribution in [0.15, 0.2) is 90.2 Å². The zero-order valence-corrected chi connectivity index (χ0v) is 29.2. The minimum Gasteiger partial charge on any atom is -0.395 e. The van der Waals surface area contributed by atoms with Crippen LogP contribution in [0, 0.1) is 5.92 Å². The molecule has 10 nitrogen and oxygen atoms in total. The van der Waals surface area contributed by atoms with Crippen molar-refractivity contribution in [2.24, 2.45) is 11.0 Å². The fraction of sp³-hybridized carbons (Fsp3) is 0.378. The predicted molar refractivity (Wildman–Crippen MR) is 188 cm³/mol. The van der Waals surface area contributed by atoms with E-state index in [9.17, 15) is 14.7 Å². The van der Waals surface area contributed by atoms with Crippen LogP contribution in [0.5, 0.6) is 0 Å². The van der Waals surface area contributed by atoms with Gasteiger partial charge in [0.25, 0.3) is 5.91 Å². The van der Waals surface area contributed by atoms with Gasteiger partial charge in [-0.05, 0) is 48.8 Å². The molecule has 5 atom stereocenters. The van der Waals surface area contributed by atoms with E-state index in [-0.39, 0.29) is 24.3 Å². The lowest BCUT2D eigenvalue weighted by Crippen LogP contribution is -2.44. The number of hydrogen-bond donors (Lipinski definition) is 1. The van der Waals surface area contributed by atoms with Crippen molar-refractivity contribution in [1.29, 1.82) is 0 Å². The third-order valence-electron chi connectivity index (χ3n) is 10.4. The van der Waals surface area contributed by atoms with Gasteiger partial charge in [-0.15, -0.1) is 5.10 Å². The Bertz CT molecular complexity index is 1900. The van der Waals surface area contributed by atoms with E-state index >= 15 is 4.11 Å². The Morgan fingerprint density at radius 3 is 2.45 bits per heavy atom. The number of halogens is 1. The number of aliphatic hydroxyl groups excluding tert-OH is 1. The minimum atomic E-state index is -3.38. The summed E-state index contributed by atoms with van der Waals surface area (Å²) < 4.78 is 24.9. The van der Waals surface area contributed by atoms with Crippen LogP contribution in [0.3, 0.4) is 0 Å². The van der Waals surface area contributed by atoms with Crippen LogP contribution in [-0.4, -0.2) is 65.8 Å². The van der Waals surface area contributed by atoms with Gasteiger partial charge in [-0.2, -0.15) is 5.10 Å². The van der Waals surface area contributed by atoms with Crippen LogP contribution in [-0.2, 0) is 26.5 Å². The first-order valence-electron chi connectivity index (χ1n) is 16.8. The predicted octanol–water partition coefficient (Wildman–Crippen LogP) is 5.78. The van der Waals surface area contributed by atoms with Crippen LogP contribution >= 0.6 is 0 Å². The number of anilines is 2. The van der Waals surface area contributed by atoms with Crippen molar-refractivity contribution in [3.8, 4) is 0 Å². The third kappa shape index (κ3) is 5.71. The Hall–Kier alpha value is -4.52. The molecule has 2 amide bonds. The summed E-state index contributed by atoms with van der Waals surface area (Å²) in [5.74, 6) is -1.17. The van der Waals surface area contributed by atoms with Crippen molar-refractivity contribution >= 4 is 37.3 Å². The number of amides is 2. The summed E-state index contributed by atoms with van der Waals surface area (Å²) in [6.45, 7) is 5.55. The molecule has 0 radical (unpaired) electrons. The van der Waals surface area contributed by atoms with E-state index in [1.807, 2.05) is 85.9 Å². The lowest BCUT2D eigenvalue weighted by atomic mass is 9.82. The molecule has 1 unspecified atom stereocenters. The van der Waals surface area contributed by atoms with Crippen molar-refractivity contribution in [2.45, 2.75) is 69.0 Å². The molecule has 1 fully saturated rings. The van der Waals surface area contributed by atoms with Crippen LogP contribution in [0.4, 0.5) is 15.5 Å². The summed E-state index contributed by atoms with van der Waals surface area (Å²) in [4.78, 5) is 29.1. The normalized spacial score (nSPS) is 24.4. The van der Waals surface area contributed by atoms with Crippen LogP contribution < -0.4 is 9.91 Å². The number of likely N-dealkylation sites (N-methyl/N-ethyl adjacent to an activating group) is 1. The van der Waals surface area contributed by atoms with Gasteiger partial charge in [0.15, 0.2) is 5.60 Å². The number of aryl methyl sites for hydroxylation is 1. The Labute approximate surface area is 286 Å². The largest absolute Gasteiger partial charge is 0.395 e. The molecule has 3 aromatic carbocycles. The molecular formula is C37H41FN6O4Si. The minimum absolute atomic E-state index is 0.114. The molecule has 1 saturated heterocycles. The second kappa shape index (κ2) is 12.7. The zero-order valence-electron chi connectivity index (χ0n) is 28.2. The quantitative estimate of drug-likeness (QED) is 0.177. The number of aliphatic hydroxyl groups is 1. The standard InChI is InChI=1S/C37H41FN6O4Si/c1-24-35(49(3,4)38)33(19-20-43-22-31(39-41-43)28(23-45)25-11-7-5-8-12-25)48-37(24)29-21-27(15-17-32(29)42(2)36(37)47)44-34(46)18-16-30(40-44)26-13-9-6-10-14-26/h5-15,17,21-22,24,28,33,35,45H,16,18-20,23H2,1-4H3/t24-,28?,33+,35-,37+/m1/s1. The molecule has 1 aromatic heterocycles. The maximum atomic E-state index is 16.3. The van der Waals surface area contributed by atoms with Gasteiger partial charge in [-0.3, -0.25) is 14.3 Å². The van der Waals surface area contributed by atoms with Gasteiger partial charge in [0, 0.05) is 49.7 Å². The van der Waals surface area contributed by atoms with E-state index in [0.29, 0.717) is 48.4 Å². The molecule has 3 aliphatic heterocycles. The number of hydrazone groups is 1. The smallest absolute Gasteiger partial charge is 0.264 e. The number of aromatic nitrogens is 3. The third-order valence-corrected chi connectivity index (χ3v) is 12.9. The zero-order chi connectivity index (χ0) is 34.5. The second-order valence-electron chi connectivity index (χ2n) is 13.8. The number of carbonyl (C=O) groups excluding carboxylic acids is 2. The van der Waals surface area contributed by atoms with Crippen LogP contribution in [0.2, 0.25) is 18.6 Å². The van der Waals surface area contributed by atoms with Crippen molar-refractivity contribution in [3.05, 3.63) is 107 Å². The topological polar surface area (TPSA) is 113 Å². The molecule has 4 aromatic rings. The van der Waals surface area contributed by atoms with Gasteiger partial charge in [-0.25, -0.2) is 5.01 Å². The summed E-state index contributed by atoms with van der Waals surface area (Å²) in [6, 6.07) is 24.9. The van der Waals surface area contributed by atoms with Crippen molar-refractivity contribution in [3.63, 3.8) is 0 Å². The molecule has 0 saturated carbocycles. The number of carbonyl (C=O) groups is 2. The maximum Gasteiger partial charge on any atom is 0.264 e. The molecule has 254 valence electrons. The number of fused-ring (bicyclic) bond motifs is 2. The molecule has 0 aliphatic carbocycles. The summed E-state index contributed by atoms with van der Waals surface area (Å²) >= 11 is 0. The van der Waals surface area contributed by atoms with E-state index in [2.05, 4.69) is 10.3 Å². The monoisotopic (exact) mass is 680 g/mol. The SMILES string of the molecule is C[C@@H]1[C@@H]([Si](C)(C)F)[C@H](CCn2cc(C(CO)c3ccccc3)nn2)O[C@@]12C(=O)N(C)c1ccc(N3N=C(c4ccccc4)CCC3=O)cc12. The van der Waals surface area contributed by atoms with Gasteiger partial charge in [0.1, 0.15) is 0 Å². The Morgan fingerprint density at radius 1 is 1.04 bits per heavy atom. The number of nitrogens with zero attached hydrogens (tertiary/aromatic N) is 6. The molecular weight excluding hydrogens is 640 g/mol. The van der Waals surface area contributed by atoms with E-state index < -0.39 is 31.6 Å². The highest BCUT2D eigenvalue weighted by molar-refractivity contribution is 6.72. The lowest BCUT2D eigenvalue weighted by molar-refractivity contribution is -0.145. The van der Waals surface area contributed by atoms with E-state index in [1.54, 1.807) is 35.8 Å². The van der Waals surface area contributed by atoms with Gasteiger partial charge in [0.2, 0.25) is 14.3 Å². The Balaban J connectivity index is 1.20. The number of hydrogen-bond acceptors (Lipinski definition) is 7. The fourth-order valence-corrected chi connectivity index (χ4v) is 10.6. The first-order valence-corrected chi connectivity index (χ1v) is 19.8. The summed E-state index contributed by atoms with van der Waals surface area (Å²) in [5.41, 5.74) is 3.27. The molecule has 4 heterocycles. The lowest BCUT2D eigenvalue weighted by Gasteiger charge is -2.31. The average molecular weight is 681 g/mol. The molecule has 12 heteroatoms. The highest BCUT2D eigenvalue weighted by Gasteiger charge is 2.66. The number of ether oxygens (including phenoxy) is 1. The highest BCUT2D eigenvalue weighted by Crippen LogP contribution is 2.60. The second-order valence-corrected chi connectivity index (χ2v) is 17.6. The van der Waals surface area contributed by atoms with E-state index in [1.165, 1.54) is 5.01 Å².